The lowest BCUT2D eigenvalue weighted by atomic mass is 10.2. The molecule has 0 aliphatic rings. The molecule has 0 aliphatic heterocycles. The largest absolute Gasteiger partial charge is 0.493 e. The molecule has 8 heteroatoms. The Bertz CT molecular complexity index is 392. The van der Waals surface area contributed by atoms with Gasteiger partial charge in [-0.15, -0.1) is 4.62 Å². The molecule has 0 aromatic heterocycles. The van der Waals surface area contributed by atoms with E-state index in [2.05, 4.69) is 4.62 Å². The van der Waals surface area contributed by atoms with Crippen LogP contribution in [-0.4, -0.2) is 21.0 Å². The Hall–Kier alpha value is -1.27. The number of hydrogen-bond acceptors (Lipinski definition) is 3. The first-order valence-electron chi connectivity index (χ1n) is 3.71. The van der Waals surface area contributed by atoms with E-state index in [4.69, 9.17) is 9.79 Å². The van der Waals surface area contributed by atoms with E-state index in [1.807, 2.05) is 0 Å². The summed E-state index contributed by atoms with van der Waals surface area (Å²) in [6.45, 7) is 0. The minimum Gasteiger partial charge on any atom is -0.301 e. The van der Waals surface area contributed by atoms with Gasteiger partial charge in [0.25, 0.3) is 0 Å². The van der Waals surface area contributed by atoms with Crippen LogP contribution in [0.2, 0.25) is 0 Å². The van der Waals surface area contributed by atoms with Gasteiger partial charge in [0.15, 0.2) is 0 Å². The van der Waals surface area contributed by atoms with Crippen molar-refractivity contribution >= 4 is 13.7 Å². The van der Waals surface area contributed by atoms with Crippen LogP contribution in [0.3, 0.4) is 0 Å². The Labute approximate surface area is 84.0 Å². The molecule has 2 N–H and O–H groups in total. The quantitative estimate of drug-likeness (QED) is 0.464. The molecule has 1 rings (SSSR count). The van der Waals surface area contributed by atoms with Gasteiger partial charge in [0, 0.05) is 5.56 Å². The highest BCUT2D eigenvalue weighted by Crippen LogP contribution is 2.37. The molecule has 0 unspecified atom stereocenters. The van der Waals surface area contributed by atoms with Crippen LogP contribution >= 0.6 is 7.82 Å². The molecule has 0 aliphatic carbocycles. The normalized spacial score (nSPS) is 11.1. The molecule has 0 atom stereocenters. The zero-order valence-electron chi connectivity index (χ0n) is 7.28. The van der Waals surface area contributed by atoms with Gasteiger partial charge in [0.1, 0.15) is 0 Å². The van der Waals surface area contributed by atoms with Crippen molar-refractivity contribution in [2.45, 2.75) is 0 Å². The van der Waals surface area contributed by atoms with Gasteiger partial charge in [-0.05, 0) is 17.4 Å². The van der Waals surface area contributed by atoms with Crippen molar-refractivity contribution in [3.63, 3.8) is 0 Å². The molecule has 0 heterocycles. The number of hydroxylamine groups is 1. The second kappa shape index (κ2) is 4.50. The minimum atomic E-state index is -5.07. The Kier molecular flexibility index (Phi) is 3.54. The molecule has 0 saturated carbocycles. The monoisotopic (exact) mass is 235 g/mol. The molecular formula is C7H7FNO5P. The molecule has 0 bridgehead atoms. The molecular weight excluding hydrogens is 228 g/mol. The third kappa shape index (κ3) is 3.77. The van der Waals surface area contributed by atoms with Gasteiger partial charge in [0.2, 0.25) is 0 Å². The molecule has 0 saturated heterocycles. The maximum absolute atomic E-state index is 12.7. The second-order valence-electron chi connectivity index (χ2n) is 2.49. The number of carbonyl (C=O) groups is 1. The van der Waals surface area contributed by atoms with Crippen LogP contribution in [0.15, 0.2) is 30.3 Å². The second-order valence-corrected chi connectivity index (χ2v) is 3.63. The fourth-order valence-electron chi connectivity index (χ4n) is 0.813. The zero-order chi connectivity index (χ0) is 11.5. The smallest absolute Gasteiger partial charge is 0.301 e. The number of halogens is 1. The van der Waals surface area contributed by atoms with Crippen molar-refractivity contribution in [2.75, 3.05) is 0 Å². The summed E-state index contributed by atoms with van der Waals surface area (Å²) in [5.74, 6) is -1.29. The van der Waals surface area contributed by atoms with Crippen LogP contribution in [0.4, 0.5) is 4.48 Å². The first-order chi connectivity index (χ1) is 6.90. The van der Waals surface area contributed by atoms with Crippen molar-refractivity contribution in [2.24, 2.45) is 0 Å². The summed E-state index contributed by atoms with van der Waals surface area (Å²) in [4.78, 5) is 27.6. The SMILES string of the molecule is O=C(c1ccccc1)N(F)OP(=O)(O)O. The summed E-state index contributed by atoms with van der Waals surface area (Å²) < 4.78 is 26.4. The third-order valence-electron chi connectivity index (χ3n) is 1.36. The van der Waals surface area contributed by atoms with E-state index < -0.39 is 19.0 Å². The highest BCUT2D eigenvalue weighted by Gasteiger charge is 2.26. The number of hydrogen-bond donors (Lipinski definition) is 2. The molecule has 0 spiro atoms. The first-order valence-corrected chi connectivity index (χ1v) is 5.24. The van der Waals surface area contributed by atoms with E-state index in [0.29, 0.717) is 0 Å². The minimum absolute atomic E-state index is 0.0894. The Morgan fingerprint density at radius 1 is 1.33 bits per heavy atom. The number of carbonyl (C=O) groups excluding carboxylic acids is 1. The van der Waals surface area contributed by atoms with Crippen molar-refractivity contribution in [1.82, 2.24) is 5.29 Å². The third-order valence-corrected chi connectivity index (χ3v) is 1.71. The zero-order valence-corrected chi connectivity index (χ0v) is 8.17. The summed E-state index contributed by atoms with van der Waals surface area (Å²) in [6.07, 6.45) is 0. The van der Waals surface area contributed by atoms with E-state index in [-0.39, 0.29) is 5.56 Å². The molecule has 1 aromatic carbocycles. The van der Waals surface area contributed by atoms with E-state index in [1.165, 1.54) is 24.3 Å². The fraction of sp³-hybridized carbons (Fsp3) is 0. The summed E-state index contributed by atoms with van der Waals surface area (Å²) in [5, 5.41) is -0.990. The van der Waals surface area contributed by atoms with Gasteiger partial charge in [-0.25, -0.2) is 4.57 Å². The van der Waals surface area contributed by atoms with E-state index >= 15 is 0 Å². The van der Waals surface area contributed by atoms with Gasteiger partial charge >= 0.3 is 13.7 Å². The maximum Gasteiger partial charge on any atom is 0.493 e. The van der Waals surface area contributed by atoms with Gasteiger partial charge in [0.05, 0.1) is 0 Å². The molecule has 0 fully saturated rings. The van der Waals surface area contributed by atoms with E-state index in [0.717, 1.165) is 0 Å². The van der Waals surface area contributed by atoms with Gasteiger partial charge in [-0.1, -0.05) is 22.7 Å². The average molecular weight is 235 g/mol. The van der Waals surface area contributed by atoms with Crippen LogP contribution in [0.5, 0.6) is 0 Å². The van der Waals surface area contributed by atoms with Crippen LogP contribution in [0.25, 0.3) is 0 Å². The van der Waals surface area contributed by atoms with Crippen molar-refractivity contribution in [3.05, 3.63) is 35.9 Å². The highest BCUT2D eigenvalue weighted by atomic mass is 31.2. The average Bonchev–Trinajstić information content (AvgIpc) is 2.15. The first kappa shape index (κ1) is 11.8. The van der Waals surface area contributed by atoms with Crippen LogP contribution in [0, 0.1) is 0 Å². The molecule has 6 nitrogen and oxygen atoms in total. The Morgan fingerprint density at radius 3 is 2.33 bits per heavy atom. The van der Waals surface area contributed by atoms with Crippen LogP contribution in [0.1, 0.15) is 10.4 Å². The number of amides is 1. The van der Waals surface area contributed by atoms with Crippen molar-refractivity contribution in [1.29, 1.82) is 0 Å². The number of phosphoric acid groups is 1. The van der Waals surface area contributed by atoms with Crippen molar-refractivity contribution < 1.29 is 28.3 Å². The van der Waals surface area contributed by atoms with Crippen LogP contribution < -0.4 is 0 Å². The molecule has 15 heavy (non-hydrogen) atoms. The van der Waals surface area contributed by atoms with Crippen LogP contribution in [-0.2, 0) is 9.19 Å². The lowest BCUT2D eigenvalue weighted by molar-refractivity contribution is -0.176. The van der Waals surface area contributed by atoms with Gasteiger partial charge in [-0.3, -0.25) is 4.79 Å². The van der Waals surface area contributed by atoms with Gasteiger partial charge < -0.3 is 9.79 Å². The van der Waals surface area contributed by atoms with E-state index in [1.54, 1.807) is 6.07 Å². The maximum atomic E-state index is 12.7. The predicted molar refractivity (Wildman–Crippen MR) is 46.8 cm³/mol. The topological polar surface area (TPSA) is 87.1 Å². The van der Waals surface area contributed by atoms with Crippen molar-refractivity contribution in [3.8, 4) is 0 Å². The Morgan fingerprint density at radius 2 is 1.87 bits per heavy atom. The molecule has 1 amide bonds. The summed E-state index contributed by atoms with van der Waals surface area (Å²) in [5.41, 5.74) is -0.0894. The van der Waals surface area contributed by atoms with E-state index in [9.17, 15) is 13.8 Å². The number of nitrogens with zero attached hydrogens (tertiary/aromatic N) is 1. The summed E-state index contributed by atoms with van der Waals surface area (Å²) >= 11 is 0. The Balaban J connectivity index is 2.74. The number of benzene rings is 1. The van der Waals surface area contributed by atoms with Gasteiger partial charge in [-0.2, -0.15) is 0 Å². The molecule has 0 radical (unpaired) electrons. The fourth-order valence-corrected chi connectivity index (χ4v) is 1.07. The number of rotatable bonds is 3. The lowest BCUT2D eigenvalue weighted by Crippen LogP contribution is -2.21. The highest BCUT2D eigenvalue weighted by molar-refractivity contribution is 7.46. The standard InChI is InChI=1S/C7H7FNO5P/c8-9(14-15(11,12)13)7(10)6-4-2-1-3-5-6/h1-5H,(H2,11,12,13). The summed E-state index contributed by atoms with van der Waals surface area (Å²) in [6, 6.07) is 7.09. The lowest BCUT2D eigenvalue weighted by Gasteiger charge is -2.11. The molecule has 1 aromatic rings. The summed E-state index contributed by atoms with van der Waals surface area (Å²) in [7, 11) is -5.07. The predicted octanol–water partition coefficient (Wildman–Crippen LogP) is 1.04. The molecule has 82 valence electrons.